The van der Waals surface area contributed by atoms with Crippen molar-refractivity contribution in [1.82, 2.24) is 10.6 Å². The van der Waals surface area contributed by atoms with Gasteiger partial charge in [0.05, 0.1) is 0 Å². The molecule has 1 aromatic carbocycles. The molecule has 0 aromatic heterocycles. The van der Waals surface area contributed by atoms with Gasteiger partial charge < -0.3 is 5.73 Å². The van der Waals surface area contributed by atoms with Crippen LogP contribution in [0.25, 0.3) is 0 Å². The van der Waals surface area contributed by atoms with Crippen molar-refractivity contribution in [3.63, 3.8) is 0 Å². The average Bonchev–Trinajstić information content (AvgIpc) is 2.66. The van der Waals surface area contributed by atoms with Crippen molar-refractivity contribution in [2.75, 3.05) is 23.4 Å². The van der Waals surface area contributed by atoms with Gasteiger partial charge >= 0.3 is 126 Å². The third-order valence-electron chi connectivity index (χ3n) is 3.60. The number of benzene rings is 1. The van der Waals surface area contributed by atoms with Crippen LogP contribution in [-0.4, -0.2) is 63.5 Å². The molecule has 28 heavy (non-hydrogen) atoms. The van der Waals surface area contributed by atoms with Crippen molar-refractivity contribution < 1.29 is 18.1 Å². The van der Waals surface area contributed by atoms with Crippen LogP contribution < -0.4 is 26.0 Å². The van der Waals surface area contributed by atoms with Crippen LogP contribution in [0.15, 0.2) is 24.3 Å². The van der Waals surface area contributed by atoms with Gasteiger partial charge in [-0.3, -0.25) is 4.79 Å². The first-order chi connectivity index (χ1) is 13.3. The topological polar surface area (TPSA) is 130 Å². The molecule has 0 aliphatic carbocycles. The Kier molecular flexibility index (Phi) is 11.7. The number of carbonyl (C=O) groups excluding carboxylic acids is 3. The molecule has 5 N–H and O–H groups in total. The minimum atomic E-state index is -1.08. The average molecular weight is 470 g/mol. The number of amides is 3. The number of anilines is 1. The molecule has 0 saturated carbocycles. The van der Waals surface area contributed by atoms with Crippen molar-refractivity contribution in [2.45, 2.75) is 38.8 Å². The molecule has 0 heterocycles. The Bertz CT molecular complexity index is 670. The monoisotopic (exact) mass is 470 g/mol. The van der Waals surface area contributed by atoms with Crippen LogP contribution in [0.4, 0.5) is 5.69 Å². The Morgan fingerprint density at radius 1 is 1.18 bits per heavy atom. The minimum Gasteiger partial charge on any atom is -0.328 e. The molecule has 1 aromatic rings. The third kappa shape index (κ3) is 10.0. The summed E-state index contributed by atoms with van der Waals surface area (Å²) >= 11 is 0.181. The molecule has 2 atom stereocenters. The fourth-order valence-corrected chi connectivity index (χ4v) is 3.59. The maximum absolute atomic E-state index is 12.2. The first kappa shape index (κ1) is 24.3. The zero-order valence-electron chi connectivity index (χ0n) is 16.1. The van der Waals surface area contributed by atoms with E-state index < -0.39 is 21.7 Å². The van der Waals surface area contributed by atoms with Crippen LogP contribution in [-0.2, 0) is 18.1 Å². The van der Waals surface area contributed by atoms with Gasteiger partial charge in [-0.2, -0.15) is 0 Å². The number of nitrogens with one attached hydrogen (secondary N) is 3. The van der Waals surface area contributed by atoms with Crippen molar-refractivity contribution >= 4 is 55.2 Å². The Hall–Kier alpha value is -1.70. The number of likely N-dealkylation sites (N-methyl/N-ethyl adjacent to an activating group) is 1. The molecule has 2 unspecified atom stereocenters. The SMILES string of the molecule is CCNC(=O)C(CSCC(=O)Nc1ccc([As]=O)cc1)NC(=O)CCC(C)N. The number of carbonyl (C=O) groups is 3. The molecule has 0 bridgehead atoms. The molecular weight excluding hydrogens is 443 g/mol. The smallest absolute Gasteiger partial charge is 0.328 e. The summed E-state index contributed by atoms with van der Waals surface area (Å²) < 4.78 is 11.6. The summed E-state index contributed by atoms with van der Waals surface area (Å²) in [6.07, 6.45) is 0.788. The van der Waals surface area contributed by atoms with E-state index in [0.29, 0.717) is 18.7 Å². The van der Waals surface area contributed by atoms with Crippen molar-refractivity contribution in [2.24, 2.45) is 5.73 Å². The summed E-state index contributed by atoms with van der Waals surface area (Å²) in [5.41, 5.74) is 6.27. The molecule has 10 heteroatoms. The van der Waals surface area contributed by atoms with E-state index in [0.717, 1.165) is 4.35 Å². The number of thioether (sulfide) groups is 1. The van der Waals surface area contributed by atoms with Gasteiger partial charge in [0, 0.05) is 19.0 Å². The van der Waals surface area contributed by atoms with E-state index in [-0.39, 0.29) is 41.7 Å². The number of nitrogens with two attached hydrogens (primary N) is 1. The quantitative estimate of drug-likeness (QED) is 0.313. The normalized spacial score (nSPS) is 12.8. The zero-order valence-corrected chi connectivity index (χ0v) is 18.8. The predicted molar refractivity (Wildman–Crippen MR) is 112 cm³/mol. The van der Waals surface area contributed by atoms with E-state index in [1.807, 2.05) is 6.92 Å². The predicted octanol–water partition coefficient (Wildman–Crippen LogP) is -0.218. The van der Waals surface area contributed by atoms with Crippen LogP contribution in [0.2, 0.25) is 0 Å². The van der Waals surface area contributed by atoms with Gasteiger partial charge in [-0.25, -0.2) is 0 Å². The van der Waals surface area contributed by atoms with Crippen LogP contribution in [0, 0.1) is 0 Å². The summed E-state index contributed by atoms with van der Waals surface area (Å²) in [4.78, 5) is 36.2. The van der Waals surface area contributed by atoms with Crippen molar-refractivity contribution in [3.8, 4) is 0 Å². The molecule has 1 rings (SSSR count). The second-order valence-corrected chi connectivity index (χ2v) is 8.73. The first-order valence-electron chi connectivity index (χ1n) is 8.99. The summed E-state index contributed by atoms with van der Waals surface area (Å²) in [5, 5.41) is 8.14. The van der Waals surface area contributed by atoms with Crippen molar-refractivity contribution in [3.05, 3.63) is 24.3 Å². The fraction of sp³-hybridized carbons (Fsp3) is 0.500. The number of hydrogen-bond donors (Lipinski definition) is 4. The van der Waals surface area contributed by atoms with E-state index in [2.05, 4.69) is 16.0 Å². The Morgan fingerprint density at radius 3 is 2.43 bits per heavy atom. The van der Waals surface area contributed by atoms with Gasteiger partial charge in [-0.05, 0) is 20.3 Å². The van der Waals surface area contributed by atoms with Crippen LogP contribution in [0.5, 0.6) is 0 Å². The molecule has 0 radical (unpaired) electrons. The molecule has 8 nitrogen and oxygen atoms in total. The molecule has 0 saturated heterocycles. The molecule has 3 amide bonds. The molecule has 0 aliphatic rings. The summed E-state index contributed by atoms with van der Waals surface area (Å²) in [6.45, 7) is 4.07. The molecule has 0 aliphatic heterocycles. The third-order valence-corrected chi connectivity index (χ3v) is 5.71. The molecule has 0 spiro atoms. The van der Waals surface area contributed by atoms with Gasteiger partial charge in [-0.1, -0.05) is 0 Å². The van der Waals surface area contributed by atoms with Gasteiger partial charge in [-0.15, -0.1) is 0 Å². The summed E-state index contributed by atoms with van der Waals surface area (Å²) in [7, 11) is 0. The Balaban J connectivity index is 2.49. The second kappa shape index (κ2) is 13.5. The molecular formula is C18H27AsN4O4S. The van der Waals surface area contributed by atoms with E-state index in [1.54, 1.807) is 31.2 Å². The van der Waals surface area contributed by atoms with Crippen molar-refractivity contribution in [1.29, 1.82) is 0 Å². The minimum absolute atomic E-state index is 0.0870. The number of rotatable bonds is 12. The molecule has 154 valence electrons. The standard InChI is InChI=1S/C18H27AsN4O4S/c1-3-21-18(26)15(23-16(24)9-4-12(2)20)10-28-11-17(25)22-14-7-5-13(19-27)6-8-14/h5-8,12,15H,3-4,9-11,20H2,1-2H3,(H,21,26)(H,22,25)(H,23,24). The zero-order chi connectivity index (χ0) is 20.9. The van der Waals surface area contributed by atoms with Gasteiger partial charge in [0.1, 0.15) is 0 Å². The summed E-state index contributed by atoms with van der Waals surface area (Å²) in [6, 6.07) is 6.01. The fourth-order valence-electron chi connectivity index (χ4n) is 2.18. The van der Waals surface area contributed by atoms with E-state index in [4.69, 9.17) is 5.73 Å². The Labute approximate surface area is 176 Å². The summed E-state index contributed by atoms with van der Waals surface area (Å²) in [5.74, 6) is -0.311. The van der Waals surface area contributed by atoms with Crippen LogP contribution in [0.1, 0.15) is 26.7 Å². The van der Waals surface area contributed by atoms with Crippen LogP contribution in [0.3, 0.4) is 0 Å². The number of hydrogen-bond acceptors (Lipinski definition) is 6. The molecule has 0 fully saturated rings. The second-order valence-electron chi connectivity index (χ2n) is 6.23. The maximum atomic E-state index is 12.2. The van der Waals surface area contributed by atoms with Gasteiger partial charge in [0.25, 0.3) is 0 Å². The first-order valence-corrected chi connectivity index (χ1v) is 11.8. The van der Waals surface area contributed by atoms with E-state index >= 15 is 0 Å². The van der Waals surface area contributed by atoms with E-state index in [9.17, 15) is 18.1 Å². The van der Waals surface area contributed by atoms with Gasteiger partial charge in [0.15, 0.2) is 0 Å². The van der Waals surface area contributed by atoms with E-state index in [1.165, 1.54) is 11.8 Å². The van der Waals surface area contributed by atoms with Crippen LogP contribution >= 0.6 is 11.8 Å². The Morgan fingerprint density at radius 2 is 1.86 bits per heavy atom. The van der Waals surface area contributed by atoms with Gasteiger partial charge in [0.2, 0.25) is 0 Å².